The van der Waals surface area contributed by atoms with E-state index in [0.717, 1.165) is 20.9 Å². The van der Waals surface area contributed by atoms with Gasteiger partial charge in [0, 0.05) is 30.7 Å². The van der Waals surface area contributed by atoms with E-state index in [1.54, 1.807) is 22.7 Å². The summed E-state index contributed by atoms with van der Waals surface area (Å²) < 4.78 is 28.9. The van der Waals surface area contributed by atoms with E-state index in [1.807, 2.05) is 11.4 Å². The number of aromatic nitrogens is 3. The molecule has 10 heteroatoms. The molecular weight excluding hydrogens is 402 g/mol. The van der Waals surface area contributed by atoms with Crippen LogP contribution in [-0.4, -0.2) is 50.0 Å². The van der Waals surface area contributed by atoms with Gasteiger partial charge in [0.1, 0.15) is 5.69 Å². The van der Waals surface area contributed by atoms with Crippen LogP contribution in [0.5, 0.6) is 0 Å². The fraction of sp³-hybridized carbons (Fsp3) is 0.312. The summed E-state index contributed by atoms with van der Waals surface area (Å²) in [5.41, 5.74) is 0.118. The first kappa shape index (κ1) is 17.7. The summed E-state index contributed by atoms with van der Waals surface area (Å²) >= 11 is 8.45. The molecule has 1 aliphatic rings. The number of hydrogen-bond donors (Lipinski definition) is 0. The molecule has 136 valence electrons. The predicted molar refractivity (Wildman–Crippen MR) is 99.3 cm³/mol. The fourth-order valence-corrected chi connectivity index (χ4v) is 4.48. The van der Waals surface area contributed by atoms with Gasteiger partial charge in [0.2, 0.25) is 0 Å². The summed E-state index contributed by atoms with van der Waals surface area (Å²) in [6.07, 6.45) is 0. The molecule has 3 aromatic rings. The number of halogens is 3. The van der Waals surface area contributed by atoms with E-state index in [2.05, 4.69) is 10.1 Å². The Labute approximate surface area is 161 Å². The van der Waals surface area contributed by atoms with Gasteiger partial charge in [-0.3, -0.25) is 4.79 Å². The first-order valence-electron chi connectivity index (χ1n) is 7.82. The zero-order chi connectivity index (χ0) is 18.3. The molecule has 0 saturated carbocycles. The second kappa shape index (κ2) is 6.79. The minimum atomic E-state index is -3.64. The lowest BCUT2D eigenvalue weighted by molar-refractivity contribution is 0.0760. The van der Waals surface area contributed by atoms with Crippen molar-refractivity contribution in [2.24, 2.45) is 0 Å². The van der Waals surface area contributed by atoms with Crippen molar-refractivity contribution in [1.82, 2.24) is 19.5 Å². The molecule has 1 fully saturated rings. The van der Waals surface area contributed by atoms with Crippen LogP contribution in [0.15, 0.2) is 29.6 Å². The van der Waals surface area contributed by atoms with Gasteiger partial charge in [-0.05, 0) is 29.1 Å². The predicted octanol–water partition coefficient (Wildman–Crippen LogP) is 3.93. The van der Waals surface area contributed by atoms with Crippen LogP contribution >= 0.6 is 34.7 Å². The zero-order valence-electron chi connectivity index (χ0n) is 13.4. The van der Waals surface area contributed by atoms with Crippen LogP contribution in [0.2, 0.25) is 0 Å². The molecule has 0 N–H and O–H groups in total. The van der Waals surface area contributed by atoms with Gasteiger partial charge in [-0.25, -0.2) is 9.50 Å². The van der Waals surface area contributed by atoms with Crippen LogP contribution in [0.1, 0.15) is 16.2 Å². The maximum Gasteiger partial charge on any atom is 0.364 e. The van der Waals surface area contributed by atoms with Crippen LogP contribution in [0, 0.1) is 0 Å². The minimum Gasteiger partial charge on any atom is -0.336 e. The first-order valence-corrected chi connectivity index (χ1v) is 10.2. The molecule has 0 aliphatic carbocycles. The Morgan fingerprint density at radius 3 is 2.69 bits per heavy atom. The number of hydrogen-bond acceptors (Lipinski definition) is 5. The third-order valence-electron chi connectivity index (χ3n) is 4.01. The Bertz CT molecular complexity index is 949. The van der Waals surface area contributed by atoms with Crippen molar-refractivity contribution in [2.45, 2.75) is 5.38 Å². The molecule has 0 spiro atoms. The van der Waals surface area contributed by atoms with Gasteiger partial charge in [0.25, 0.3) is 5.91 Å². The first-order chi connectivity index (χ1) is 12.4. The lowest BCUT2D eigenvalue weighted by atomic mass is 10.2. The second-order valence-corrected chi connectivity index (χ2v) is 8.35. The van der Waals surface area contributed by atoms with Crippen molar-refractivity contribution in [1.29, 1.82) is 0 Å². The normalized spacial score (nSPS) is 15.6. The number of rotatable bonds is 3. The number of amides is 1. The summed E-state index contributed by atoms with van der Waals surface area (Å²) in [5.74, 6) is 1.42. The highest BCUT2D eigenvalue weighted by Crippen LogP contribution is 2.35. The smallest absolute Gasteiger partial charge is 0.336 e. The van der Waals surface area contributed by atoms with Crippen molar-refractivity contribution in [3.63, 3.8) is 0 Å². The topological polar surface area (TPSA) is 50.5 Å². The Hall–Kier alpha value is -1.71. The summed E-state index contributed by atoms with van der Waals surface area (Å²) in [6, 6.07) is 6.25. The van der Waals surface area contributed by atoms with E-state index in [9.17, 15) is 13.6 Å². The third-order valence-corrected chi connectivity index (χ3v) is 6.04. The lowest BCUT2D eigenvalue weighted by Gasteiger charge is -2.25. The molecule has 0 radical (unpaired) electrons. The zero-order valence-corrected chi connectivity index (χ0v) is 15.8. The lowest BCUT2D eigenvalue weighted by Crippen LogP contribution is -2.38. The van der Waals surface area contributed by atoms with Crippen LogP contribution in [0.4, 0.5) is 8.78 Å². The largest absolute Gasteiger partial charge is 0.364 e. The number of carbonyl (C=O) groups is 1. The number of carbonyl (C=O) groups excluding carboxylic acids is 1. The number of nitrogens with zero attached hydrogens (tertiary/aromatic N) is 4. The highest BCUT2D eigenvalue weighted by atomic mass is 35.5. The van der Waals surface area contributed by atoms with Crippen LogP contribution in [-0.2, 0) is 5.38 Å². The Kier molecular flexibility index (Phi) is 4.62. The molecule has 0 bridgehead atoms. The Morgan fingerprint density at radius 2 is 2.04 bits per heavy atom. The van der Waals surface area contributed by atoms with Crippen LogP contribution < -0.4 is 0 Å². The van der Waals surface area contributed by atoms with Gasteiger partial charge >= 0.3 is 5.38 Å². The minimum absolute atomic E-state index is 0.0925. The molecular formula is C16H13ClF2N4OS2. The molecule has 26 heavy (non-hydrogen) atoms. The summed E-state index contributed by atoms with van der Waals surface area (Å²) in [6.45, 7) is 1.23. The number of fused-ring (bicyclic) bond motifs is 1. The van der Waals surface area contributed by atoms with Crippen LogP contribution in [0.3, 0.4) is 0 Å². The van der Waals surface area contributed by atoms with Crippen LogP contribution in [0.25, 0.3) is 16.2 Å². The summed E-state index contributed by atoms with van der Waals surface area (Å²) in [4.78, 5) is 19.4. The molecule has 5 nitrogen and oxygen atoms in total. The monoisotopic (exact) mass is 414 g/mol. The second-order valence-electron chi connectivity index (χ2n) is 5.71. The summed E-state index contributed by atoms with van der Waals surface area (Å²) in [7, 11) is 0. The standard InChI is InChI=1S/C16H13ClF2N4OS2/c17-16(18,19)13-8-10(12-2-1-5-26-12)20-14-9-11(21-23(13)14)15(24)22-3-6-25-7-4-22/h1-2,5,8-9H,3-4,6-7H2. The molecule has 0 unspecified atom stereocenters. The molecule has 1 amide bonds. The molecule has 0 aromatic carbocycles. The van der Waals surface area contributed by atoms with E-state index >= 15 is 0 Å². The highest BCUT2D eigenvalue weighted by Gasteiger charge is 2.33. The van der Waals surface area contributed by atoms with Gasteiger partial charge in [-0.2, -0.15) is 25.6 Å². The van der Waals surface area contributed by atoms with E-state index in [0.29, 0.717) is 18.8 Å². The van der Waals surface area contributed by atoms with Crippen molar-refractivity contribution >= 4 is 46.3 Å². The SMILES string of the molecule is O=C(c1cc2nc(-c3cccs3)cc(C(F)(F)Cl)n2n1)N1CCSCC1. The van der Waals surface area contributed by atoms with E-state index < -0.39 is 11.1 Å². The van der Waals surface area contributed by atoms with Crippen molar-refractivity contribution in [2.75, 3.05) is 24.6 Å². The van der Waals surface area contributed by atoms with E-state index in [1.165, 1.54) is 23.5 Å². The average Bonchev–Trinajstić information content (AvgIpc) is 3.29. The molecule has 1 aliphatic heterocycles. The van der Waals surface area contributed by atoms with Gasteiger partial charge in [0.05, 0.1) is 10.6 Å². The maximum absolute atomic E-state index is 14.0. The Morgan fingerprint density at radius 1 is 1.27 bits per heavy atom. The van der Waals surface area contributed by atoms with Crippen molar-refractivity contribution in [3.8, 4) is 10.6 Å². The summed E-state index contributed by atoms with van der Waals surface area (Å²) in [5, 5.41) is 2.27. The average molecular weight is 415 g/mol. The Balaban J connectivity index is 1.82. The molecule has 4 rings (SSSR count). The number of thioether (sulfide) groups is 1. The quantitative estimate of drug-likeness (QED) is 0.609. The van der Waals surface area contributed by atoms with Crippen molar-refractivity contribution in [3.05, 3.63) is 41.0 Å². The van der Waals surface area contributed by atoms with Gasteiger partial charge in [0.15, 0.2) is 11.3 Å². The highest BCUT2D eigenvalue weighted by molar-refractivity contribution is 7.99. The molecule has 0 atom stereocenters. The maximum atomic E-state index is 14.0. The van der Waals surface area contributed by atoms with Gasteiger partial charge in [-0.15, -0.1) is 11.3 Å². The fourth-order valence-electron chi connectivity index (χ4n) is 2.76. The van der Waals surface area contributed by atoms with E-state index in [4.69, 9.17) is 11.6 Å². The van der Waals surface area contributed by atoms with Crippen molar-refractivity contribution < 1.29 is 13.6 Å². The van der Waals surface area contributed by atoms with Gasteiger partial charge < -0.3 is 4.90 Å². The number of alkyl halides is 3. The van der Waals surface area contributed by atoms with Gasteiger partial charge in [-0.1, -0.05) is 6.07 Å². The number of thiophene rings is 1. The molecule has 1 saturated heterocycles. The van der Waals surface area contributed by atoms with E-state index in [-0.39, 0.29) is 17.2 Å². The molecule has 3 aromatic heterocycles. The third kappa shape index (κ3) is 3.30. The molecule has 4 heterocycles.